The number of aliphatic carboxylic acids is 1. The van der Waals surface area contributed by atoms with E-state index in [0.717, 1.165) is 36.7 Å². The van der Waals surface area contributed by atoms with E-state index in [1.807, 2.05) is 0 Å². The first-order valence-electron chi connectivity index (χ1n) is 22.2. The lowest BCUT2D eigenvalue weighted by molar-refractivity contribution is -0.929. The lowest BCUT2D eigenvalue weighted by Crippen LogP contribution is -2.62. The van der Waals surface area contributed by atoms with Gasteiger partial charge in [0.1, 0.15) is 5.69 Å². The Balaban J connectivity index is 0.825. The van der Waals surface area contributed by atoms with Crippen LogP contribution >= 0.6 is 11.6 Å². The number of carboxylic acids is 1. The number of carbonyl (C=O) groups is 5. The van der Waals surface area contributed by atoms with E-state index in [1.165, 1.54) is 42.1 Å². The standard InChI is InChI=1S/C44H49ClF3N13O6/c1-56-35(31-23-60(55-38(31)44(46,47)48)36-18-33-28(21-51-36)16-34(54-33)43(67)57-8-6-49-7-9-57)22-52-39(56)40(64)53-29-2-3-30(32(45)17-29)42(66)59-12-10-58(11-13-59)41(65)27-4-14-61(15-5-27,25-37(62)63)24-26-19-50-20-26/h2-3,16-18,21-23,26-27,49-50H,4-15,19-20,24-25H2,1H3,(H2-,51,53,54,62,63,64,66,67)/p+1. The van der Waals surface area contributed by atoms with Crippen molar-refractivity contribution in [3.05, 3.63) is 76.7 Å². The number of hydrogen-bond acceptors (Lipinski definition) is 10. The number of alkyl halides is 3. The molecule has 8 heterocycles. The average Bonchev–Trinajstić information content (AvgIpc) is 4.04. The van der Waals surface area contributed by atoms with E-state index < -0.39 is 23.7 Å². The molecule has 23 heteroatoms. The highest BCUT2D eigenvalue weighted by Gasteiger charge is 2.43. The minimum atomic E-state index is -4.89. The number of carboxylic acid groups (broad SMARTS) is 1. The number of benzene rings is 1. The first kappa shape index (κ1) is 45.8. The molecule has 1 aromatic carbocycles. The summed E-state index contributed by atoms with van der Waals surface area (Å²) >= 11 is 6.59. The molecular formula is C44H50ClF3N13O6+. The number of pyridine rings is 1. The number of likely N-dealkylation sites (tertiary alicyclic amines) is 1. The van der Waals surface area contributed by atoms with Crippen LogP contribution in [0.25, 0.3) is 28.0 Å². The molecule has 0 atom stereocenters. The summed E-state index contributed by atoms with van der Waals surface area (Å²) < 4.78 is 46.2. The van der Waals surface area contributed by atoms with Gasteiger partial charge < -0.3 is 49.8 Å². The summed E-state index contributed by atoms with van der Waals surface area (Å²) in [5, 5.41) is 23.2. The van der Waals surface area contributed by atoms with Crippen molar-refractivity contribution in [2.45, 2.75) is 19.0 Å². The first-order valence-corrected chi connectivity index (χ1v) is 22.6. The number of piperidine rings is 1. The summed E-state index contributed by atoms with van der Waals surface area (Å²) in [4.78, 5) is 82.1. The molecule has 0 radical (unpaired) electrons. The van der Waals surface area contributed by atoms with Gasteiger partial charge in [-0.1, -0.05) is 11.6 Å². The van der Waals surface area contributed by atoms with Crippen LogP contribution < -0.4 is 16.0 Å². The number of nitrogens with zero attached hydrogens (tertiary/aromatic N) is 9. The molecule has 4 amide bonds. The number of carbonyl (C=O) groups excluding carboxylic acids is 4. The smallest absolute Gasteiger partial charge is 0.435 e. The lowest BCUT2D eigenvalue weighted by Gasteiger charge is -2.46. The molecule has 0 unspecified atom stereocenters. The number of piperazine rings is 2. The third kappa shape index (κ3) is 9.47. The summed E-state index contributed by atoms with van der Waals surface area (Å²) in [5.41, 5.74) is -0.432. The minimum absolute atomic E-state index is 0.0259. The Kier molecular flexibility index (Phi) is 12.6. The zero-order chi connectivity index (χ0) is 47.2. The van der Waals surface area contributed by atoms with Crippen LogP contribution in [0.1, 0.15) is 50.0 Å². The Morgan fingerprint density at radius 3 is 2.25 bits per heavy atom. The van der Waals surface area contributed by atoms with Gasteiger partial charge in [0.15, 0.2) is 23.9 Å². The third-order valence-corrected chi connectivity index (χ3v) is 13.7. The molecule has 5 N–H and O–H groups in total. The number of aromatic amines is 1. The molecule has 9 rings (SSSR count). The Bertz CT molecular complexity index is 2730. The van der Waals surface area contributed by atoms with Gasteiger partial charge in [-0.05, 0) is 24.3 Å². The molecule has 67 heavy (non-hydrogen) atoms. The summed E-state index contributed by atoms with van der Waals surface area (Å²) in [6.07, 6.45) is 0.0733. The fraction of sp³-hybridized carbons (Fsp3) is 0.455. The van der Waals surface area contributed by atoms with E-state index in [0.29, 0.717) is 92.2 Å². The minimum Gasteiger partial charge on any atom is -0.477 e. The number of imidazole rings is 1. The van der Waals surface area contributed by atoms with Crippen LogP contribution in [0.5, 0.6) is 0 Å². The van der Waals surface area contributed by atoms with E-state index in [2.05, 4.69) is 36.0 Å². The number of H-pyrrole nitrogens is 1. The van der Waals surface area contributed by atoms with E-state index in [1.54, 1.807) is 20.8 Å². The van der Waals surface area contributed by atoms with Crippen LogP contribution in [-0.2, 0) is 22.8 Å². The fourth-order valence-corrected chi connectivity index (χ4v) is 9.91. The molecule has 19 nitrogen and oxygen atoms in total. The Hall–Kier alpha value is -6.36. The van der Waals surface area contributed by atoms with E-state index in [9.17, 15) is 42.3 Å². The maximum Gasteiger partial charge on any atom is 0.435 e. The molecule has 0 saturated carbocycles. The van der Waals surface area contributed by atoms with E-state index in [-0.39, 0.29) is 82.4 Å². The number of halogens is 4. The molecule has 4 aliphatic heterocycles. The van der Waals surface area contributed by atoms with Crippen molar-refractivity contribution < 1.29 is 46.7 Å². The maximum absolute atomic E-state index is 14.5. The highest BCUT2D eigenvalue weighted by Crippen LogP contribution is 2.37. The van der Waals surface area contributed by atoms with Crippen LogP contribution in [0.2, 0.25) is 5.02 Å². The first-order chi connectivity index (χ1) is 32.1. The van der Waals surface area contributed by atoms with Crippen molar-refractivity contribution in [3.8, 4) is 17.1 Å². The second-order valence-corrected chi connectivity index (χ2v) is 18.2. The summed E-state index contributed by atoms with van der Waals surface area (Å²) in [7, 11) is 1.40. The maximum atomic E-state index is 14.5. The quantitative estimate of drug-likeness (QED) is 0.121. The molecule has 0 aliphatic carbocycles. The molecule has 0 spiro atoms. The summed E-state index contributed by atoms with van der Waals surface area (Å²) in [5.74, 6) is -2.01. The van der Waals surface area contributed by atoms with Gasteiger partial charge in [-0.25, -0.2) is 19.4 Å². The number of amides is 4. The van der Waals surface area contributed by atoms with Crippen LogP contribution in [0, 0.1) is 11.8 Å². The van der Waals surface area contributed by atoms with Crippen molar-refractivity contribution >= 4 is 57.8 Å². The van der Waals surface area contributed by atoms with Crippen LogP contribution in [0.15, 0.2) is 48.9 Å². The van der Waals surface area contributed by atoms with Crippen molar-refractivity contribution in [1.82, 2.24) is 54.6 Å². The Morgan fingerprint density at radius 2 is 1.60 bits per heavy atom. The number of quaternary nitrogens is 1. The number of rotatable bonds is 11. The molecule has 4 saturated heterocycles. The zero-order valence-corrected chi connectivity index (χ0v) is 37.4. The number of anilines is 1. The van der Waals surface area contributed by atoms with E-state index in [4.69, 9.17) is 11.6 Å². The Morgan fingerprint density at radius 1 is 0.896 bits per heavy atom. The second-order valence-electron chi connectivity index (χ2n) is 17.8. The van der Waals surface area contributed by atoms with Crippen molar-refractivity contribution in [2.24, 2.45) is 18.9 Å². The van der Waals surface area contributed by atoms with Crippen LogP contribution in [0.3, 0.4) is 0 Å². The van der Waals surface area contributed by atoms with Gasteiger partial charge in [0.2, 0.25) is 5.91 Å². The highest BCUT2D eigenvalue weighted by molar-refractivity contribution is 6.34. The number of hydrogen-bond donors (Lipinski definition) is 5. The number of aromatic nitrogens is 6. The monoisotopic (exact) mass is 948 g/mol. The predicted octanol–water partition coefficient (Wildman–Crippen LogP) is 2.93. The molecule has 354 valence electrons. The summed E-state index contributed by atoms with van der Waals surface area (Å²) in [6, 6.07) is 7.50. The highest BCUT2D eigenvalue weighted by atomic mass is 35.5. The normalized spacial score (nSPS) is 20.5. The van der Waals surface area contributed by atoms with Crippen LogP contribution in [0.4, 0.5) is 18.9 Å². The van der Waals surface area contributed by atoms with E-state index >= 15 is 0 Å². The molecule has 0 bridgehead atoms. The van der Waals surface area contributed by atoms with Gasteiger partial charge in [-0.3, -0.25) is 19.2 Å². The number of nitrogens with one attached hydrogen (secondary N) is 4. The molecule has 4 aromatic heterocycles. The fourth-order valence-electron chi connectivity index (χ4n) is 9.64. The van der Waals surface area contributed by atoms with Crippen molar-refractivity contribution in [3.63, 3.8) is 0 Å². The predicted molar refractivity (Wildman–Crippen MR) is 238 cm³/mol. The SMILES string of the molecule is Cn1c(-c2cn(-c3cc4[nH]c(C(=O)N5CCNCC5)cc4cn3)nc2C(F)(F)F)cnc1C(=O)Nc1ccc(C(=O)N2CCN(C(=O)C3CC[N+](CC(=O)O)(CC4CNC4)CC3)CC2)c(Cl)c1. The third-order valence-electron chi connectivity index (χ3n) is 13.4. The van der Waals surface area contributed by atoms with Crippen molar-refractivity contribution in [1.29, 1.82) is 0 Å². The van der Waals surface area contributed by atoms with Gasteiger partial charge >= 0.3 is 12.1 Å². The van der Waals surface area contributed by atoms with Gasteiger partial charge in [0.25, 0.3) is 17.7 Å². The molecule has 5 aromatic rings. The lowest BCUT2D eigenvalue weighted by atomic mass is 9.90. The second kappa shape index (κ2) is 18.4. The van der Waals surface area contributed by atoms with Crippen LogP contribution in [-0.4, -0.2) is 175 Å². The van der Waals surface area contributed by atoms with Gasteiger partial charge in [-0.15, -0.1) is 0 Å². The zero-order valence-electron chi connectivity index (χ0n) is 36.6. The topological polar surface area (TPSA) is 216 Å². The van der Waals surface area contributed by atoms with Gasteiger partial charge in [0, 0.05) is 127 Å². The summed E-state index contributed by atoms with van der Waals surface area (Å²) in [6.45, 7) is 7.60. The van der Waals surface area contributed by atoms with Gasteiger partial charge in [-0.2, -0.15) is 18.3 Å². The molecular weight excluding hydrogens is 899 g/mol. The average molecular weight is 949 g/mol. The van der Waals surface area contributed by atoms with Gasteiger partial charge in [0.05, 0.1) is 53.2 Å². The molecule has 4 aliphatic rings. The Labute approximate surface area is 386 Å². The van der Waals surface area contributed by atoms with Crippen molar-refractivity contribution in [2.75, 3.05) is 96.9 Å². The number of fused-ring (bicyclic) bond motifs is 1. The molecule has 4 fully saturated rings. The largest absolute Gasteiger partial charge is 0.477 e.